The molecule has 2 amide bonds. The summed E-state index contributed by atoms with van der Waals surface area (Å²) in [5.74, 6) is -0.870. The van der Waals surface area contributed by atoms with Crippen LogP contribution >= 0.6 is 0 Å². The van der Waals surface area contributed by atoms with Crippen LogP contribution in [0.15, 0.2) is 53.5 Å². The molecule has 0 aliphatic rings. The van der Waals surface area contributed by atoms with Crippen LogP contribution < -0.4 is 16.2 Å². The zero-order valence-corrected chi connectivity index (χ0v) is 13.8. The predicted molar refractivity (Wildman–Crippen MR) is 92.9 cm³/mol. The van der Waals surface area contributed by atoms with Gasteiger partial charge in [0.1, 0.15) is 12.1 Å². The lowest BCUT2D eigenvalue weighted by molar-refractivity contribution is -0.126. The molecule has 9 heteroatoms. The van der Waals surface area contributed by atoms with E-state index in [9.17, 15) is 14.4 Å². The van der Waals surface area contributed by atoms with Crippen molar-refractivity contribution in [3.8, 4) is 0 Å². The van der Waals surface area contributed by atoms with Gasteiger partial charge in [-0.05, 0) is 24.3 Å². The van der Waals surface area contributed by atoms with Gasteiger partial charge in [0, 0.05) is 6.20 Å². The molecule has 0 fully saturated rings. The summed E-state index contributed by atoms with van der Waals surface area (Å²) in [5, 5.41) is 13.1. The van der Waals surface area contributed by atoms with Crippen LogP contribution in [0.25, 0.3) is 10.9 Å². The van der Waals surface area contributed by atoms with Crippen molar-refractivity contribution in [3.05, 3.63) is 64.7 Å². The molecular weight excluding hydrogens is 336 g/mol. The van der Waals surface area contributed by atoms with Gasteiger partial charge >= 0.3 is 0 Å². The molecule has 2 aromatic heterocycles. The van der Waals surface area contributed by atoms with Crippen molar-refractivity contribution < 1.29 is 9.59 Å². The first-order valence-corrected chi connectivity index (χ1v) is 7.89. The molecule has 2 heterocycles. The highest BCUT2D eigenvalue weighted by atomic mass is 16.2. The van der Waals surface area contributed by atoms with Gasteiger partial charge in [-0.15, -0.1) is 5.10 Å². The second-order valence-electron chi connectivity index (χ2n) is 5.44. The van der Waals surface area contributed by atoms with Gasteiger partial charge in [-0.2, -0.15) is 0 Å². The summed E-state index contributed by atoms with van der Waals surface area (Å²) in [4.78, 5) is 40.1. The number of nitrogens with one attached hydrogen (secondary N) is 2. The van der Waals surface area contributed by atoms with E-state index in [0.29, 0.717) is 16.6 Å². The Hall–Kier alpha value is -3.62. The van der Waals surface area contributed by atoms with Gasteiger partial charge in [0.15, 0.2) is 0 Å². The third-order valence-corrected chi connectivity index (χ3v) is 3.56. The third-order valence-electron chi connectivity index (χ3n) is 3.56. The molecule has 0 aliphatic carbocycles. The molecule has 0 radical (unpaired) electrons. The molecule has 0 atom stereocenters. The van der Waals surface area contributed by atoms with Crippen LogP contribution in [0, 0.1) is 0 Å². The average molecular weight is 352 g/mol. The van der Waals surface area contributed by atoms with Crippen LogP contribution in [0.1, 0.15) is 5.69 Å². The molecule has 0 unspecified atom stereocenters. The zero-order chi connectivity index (χ0) is 18.4. The summed E-state index contributed by atoms with van der Waals surface area (Å²) in [6, 6.07) is 12.1. The normalized spacial score (nSPS) is 10.5. The lowest BCUT2D eigenvalue weighted by Gasteiger charge is -2.07. The summed E-state index contributed by atoms with van der Waals surface area (Å²) in [6.45, 7) is -0.253. The van der Waals surface area contributed by atoms with Gasteiger partial charge in [0.25, 0.3) is 5.56 Å². The third kappa shape index (κ3) is 4.26. The Morgan fingerprint density at radius 2 is 1.81 bits per heavy atom. The molecule has 9 nitrogen and oxygen atoms in total. The molecule has 132 valence electrons. The summed E-state index contributed by atoms with van der Waals surface area (Å²) in [5.41, 5.74) is 0.763. The molecule has 0 bridgehead atoms. The summed E-state index contributed by atoms with van der Waals surface area (Å²) >= 11 is 0. The molecule has 1 aromatic carbocycles. The van der Waals surface area contributed by atoms with E-state index in [4.69, 9.17) is 0 Å². The monoisotopic (exact) mass is 352 g/mol. The lowest BCUT2D eigenvalue weighted by atomic mass is 10.2. The highest BCUT2D eigenvalue weighted by Gasteiger charge is 2.10. The number of aromatic nitrogens is 4. The minimum absolute atomic E-state index is 0.207. The molecule has 3 aromatic rings. The van der Waals surface area contributed by atoms with Crippen LogP contribution in [0.5, 0.6) is 0 Å². The molecule has 0 saturated heterocycles. The maximum Gasteiger partial charge on any atom is 0.278 e. The van der Waals surface area contributed by atoms with Crippen molar-refractivity contribution in [3.63, 3.8) is 0 Å². The van der Waals surface area contributed by atoms with Crippen LogP contribution in [-0.2, 0) is 22.7 Å². The number of carbonyl (C=O) groups is 2. The maximum atomic E-state index is 12.3. The van der Waals surface area contributed by atoms with E-state index < -0.39 is 11.5 Å². The number of benzene rings is 1. The standard InChI is InChI=1S/C17H16N6O3/c24-15(19-9-12-5-3-4-8-18-12)10-20-16(25)11-23-17(26)13-6-1-2-7-14(13)21-22-23/h1-8H,9-11H2,(H,19,24)(H,20,25). The van der Waals surface area contributed by atoms with E-state index in [2.05, 4.69) is 25.9 Å². The Morgan fingerprint density at radius 1 is 1.00 bits per heavy atom. The minimum atomic E-state index is -0.510. The Balaban J connectivity index is 1.52. The molecular formula is C17H16N6O3. The highest BCUT2D eigenvalue weighted by Crippen LogP contribution is 2.03. The maximum absolute atomic E-state index is 12.3. The van der Waals surface area contributed by atoms with Crippen molar-refractivity contribution in [1.29, 1.82) is 0 Å². The molecule has 0 aliphatic heterocycles. The average Bonchev–Trinajstić information content (AvgIpc) is 2.68. The topological polar surface area (TPSA) is 119 Å². The fraction of sp³-hybridized carbons (Fsp3) is 0.176. The predicted octanol–water partition coefficient (Wildman–Crippen LogP) is -0.381. The molecule has 0 saturated carbocycles. The second kappa shape index (κ2) is 7.97. The fourth-order valence-electron chi connectivity index (χ4n) is 2.25. The quantitative estimate of drug-likeness (QED) is 0.624. The van der Waals surface area contributed by atoms with E-state index in [-0.39, 0.29) is 25.5 Å². The van der Waals surface area contributed by atoms with Crippen LogP contribution in [0.2, 0.25) is 0 Å². The van der Waals surface area contributed by atoms with Gasteiger partial charge in [-0.25, -0.2) is 4.68 Å². The number of pyridine rings is 1. The molecule has 2 N–H and O–H groups in total. The SMILES string of the molecule is O=C(CNC(=O)Cn1nnc2ccccc2c1=O)NCc1ccccn1. The first-order chi connectivity index (χ1) is 12.6. The number of carbonyl (C=O) groups excluding carboxylic acids is 2. The van der Waals surface area contributed by atoms with Gasteiger partial charge in [0.2, 0.25) is 11.8 Å². The Morgan fingerprint density at radius 3 is 2.62 bits per heavy atom. The Kier molecular flexibility index (Phi) is 5.28. The van der Waals surface area contributed by atoms with E-state index in [1.807, 2.05) is 6.07 Å². The van der Waals surface area contributed by atoms with Crippen molar-refractivity contribution in [2.45, 2.75) is 13.1 Å². The first kappa shape index (κ1) is 17.2. The van der Waals surface area contributed by atoms with Crippen molar-refractivity contribution in [2.24, 2.45) is 0 Å². The van der Waals surface area contributed by atoms with E-state index in [1.54, 1.807) is 42.6 Å². The number of rotatable bonds is 6. The van der Waals surface area contributed by atoms with Crippen molar-refractivity contribution in [1.82, 2.24) is 30.6 Å². The molecule has 26 heavy (non-hydrogen) atoms. The second-order valence-corrected chi connectivity index (χ2v) is 5.44. The lowest BCUT2D eigenvalue weighted by Crippen LogP contribution is -2.40. The van der Waals surface area contributed by atoms with Crippen molar-refractivity contribution >= 4 is 22.7 Å². The fourth-order valence-corrected chi connectivity index (χ4v) is 2.25. The first-order valence-electron chi connectivity index (χ1n) is 7.89. The van der Waals surface area contributed by atoms with Crippen LogP contribution in [0.3, 0.4) is 0 Å². The minimum Gasteiger partial charge on any atom is -0.349 e. The Labute approximate surface area is 148 Å². The van der Waals surface area contributed by atoms with Crippen molar-refractivity contribution in [2.75, 3.05) is 6.54 Å². The van der Waals surface area contributed by atoms with Crippen LogP contribution in [-0.4, -0.2) is 38.3 Å². The number of amides is 2. The summed E-state index contributed by atoms with van der Waals surface area (Å²) in [6.07, 6.45) is 1.63. The van der Waals surface area contributed by atoms with Gasteiger partial charge in [-0.3, -0.25) is 19.4 Å². The van der Waals surface area contributed by atoms with Crippen LogP contribution in [0.4, 0.5) is 0 Å². The number of hydrogen-bond donors (Lipinski definition) is 2. The number of fused-ring (bicyclic) bond motifs is 1. The van der Waals surface area contributed by atoms with E-state index in [0.717, 1.165) is 4.68 Å². The summed E-state index contributed by atoms with van der Waals surface area (Å²) < 4.78 is 0.962. The van der Waals surface area contributed by atoms with Gasteiger partial charge in [0.05, 0.1) is 24.2 Å². The van der Waals surface area contributed by atoms with E-state index in [1.165, 1.54) is 0 Å². The largest absolute Gasteiger partial charge is 0.349 e. The number of nitrogens with zero attached hydrogens (tertiary/aromatic N) is 4. The number of hydrogen-bond acceptors (Lipinski definition) is 6. The van der Waals surface area contributed by atoms with Gasteiger partial charge in [-0.1, -0.05) is 23.4 Å². The van der Waals surface area contributed by atoms with E-state index >= 15 is 0 Å². The molecule has 3 rings (SSSR count). The summed E-state index contributed by atoms with van der Waals surface area (Å²) in [7, 11) is 0. The Bertz CT molecular complexity index is 986. The molecule has 0 spiro atoms. The van der Waals surface area contributed by atoms with Gasteiger partial charge < -0.3 is 10.6 Å². The zero-order valence-electron chi connectivity index (χ0n) is 13.8. The highest BCUT2D eigenvalue weighted by molar-refractivity contribution is 5.84. The smallest absolute Gasteiger partial charge is 0.278 e.